The maximum Gasteiger partial charge on any atom is 0.306 e. The summed E-state index contributed by atoms with van der Waals surface area (Å²) in [6, 6.07) is 0. The van der Waals surface area contributed by atoms with Crippen LogP contribution >= 0.6 is 0 Å². The van der Waals surface area contributed by atoms with Gasteiger partial charge >= 0.3 is 17.9 Å². The fraction of sp³-hybridized carbons (Fsp3) is 0.740. The molecule has 0 heterocycles. The van der Waals surface area contributed by atoms with Gasteiger partial charge in [0.15, 0.2) is 6.10 Å². The molecule has 0 aliphatic carbocycles. The smallest absolute Gasteiger partial charge is 0.306 e. The second-order valence-corrected chi connectivity index (χ2v) is 22.3. The highest BCUT2D eigenvalue weighted by molar-refractivity contribution is 5.71. The fourth-order valence-electron chi connectivity index (χ4n) is 9.48. The third-order valence-electron chi connectivity index (χ3n) is 14.5. The first-order chi connectivity index (χ1) is 39.0. The largest absolute Gasteiger partial charge is 0.462 e. The van der Waals surface area contributed by atoms with Gasteiger partial charge in [-0.25, -0.2) is 0 Å². The van der Waals surface area contributed by atoms with Gasteiger partial charge in [0.25, 0.3) is 0 Å². The summed E-state index contributed by atoms with van der Waals surface area (Å²) >= 11 is 0. The van der Waals surface area contributed by atoms with Crippen molar-refractivity contribution in [2.45, 2.75) is 335 Å². The van der Waals surface area contributed by atoms with Gasteiger partial charge in [0, 0.05) is 19.3 Å². The van der Waals surface area contributed by atoms with E-state index in [4.69, 9.17) is 14.2 Å². The second kappa shape index (κ2) is 66.8. The zero-order valence-electron chi connectivity index (χ0n) is 52.1. The highest BCUT2D eigenvalue weighted by atomic mass is 16.6. The van der Waals surface area contributed by atoms with Crippen LogP contribution < -0.4 is 0 Å². The minimum atomic E-state index is -0.788. The highest BCUT2D eigenvalue weighted by Crippen LogP contribution is 2.17. The highest BCUT2D eigenvalue weighted by Gasteiger charge is 2.19. The van der Waals surface area contributed by atoms with Crippen LogP contribution in [-0.2, 0) is 28.6 Å². The summed E-state index contributed by atoms with van der Waals surface area (Å²) in [6.07, 6.45) is 90.0. The summed E-state index contributed by atoms with van der Waals surface area (Å²) in [5.74, 6) is -0.894. The molecule has 0 radical (unpaired) electrons. The Hall–Kier alpha value is -3.67. The van der Waals surface area contributed by atoms with Crippen LogP contribution in [0.5, 0.6) is 0 Å². The van der Waals surface area contributed by atoms with Crippen molar-refractivity contribution in [3.05, 3.63) is 97.2 Å². The Morgan fingerprint density at radius 2 is 0.506 bits per heavy atom. The van der Waals surface area contributed by atoms with Crippen LogP contribution in [0.3, 0.4) is 0 Å². The molecule has 0 spiro atoms. The van der Waals surface area contributed by atoms with Gasteiger partial charge in [0.1, 0.15) is 13.2 Å². The topological polar surface area (TPSA) is 78.9 Å². The average Bonchev–Trinajstić information content (AvgIpc) is 3.45. The van der Waals surface area contributed by atoms with Crippen molar-refractivity contribution in [1.29, 1.82) is 0 Å². The first kappa shape index (κ1) is 75.3. The Bertz CT molecular complexity index is 1540. The normalized spacial score (nSPS) is 12.7. The molecular formula is C73H126O6. The van der Waals surface area contributed by atoms with Crippen molar-refractivity contribution in [3.8, 4) is 0 Å². The van der Waals surface area contributed by atoms with Gasteiger partial charge < -0.3 is 14.2 Å². The lowest BCUT2D eigenvalue weighted by molar-refractivity contribution is -0.167. The van der Waals surface area contributed by atoms with Crippen molar-refractivity contribution >= 4 is 17.9 Å². The number of carbonyl (C=O) groups excluding carboxylic acids is 3. The van der Waals surface area contributed by atoms with Gasteiger partial charge in [-0.1, -0.05) is 291 Å². The predicted molar refractivity (Wildman–Crippen MR) is 344 cm³/mol. The van der Waals surface area contributed by atoms with E-state index in [1.165, 1.54) is 173 Å². The van der Waals surface area contributed by atoms with Gasteiger partial charge in [0.05, 0.1) is 0 Å². The lowest BCUT2D eigenvalue weighted by Crippen LogP contribution is -2.30. The molecule has 0 N–H and O–H groups in total. The van der Waals surface area contributed by atoms with Crippen molar-refractivity contribution in [2.75, 3.05) is 13.2 Å². The quantitative estimate of drug-likeness (QED) is 0.0261. The molecule has 6 nitrogen and oxygen atoms in total. The third-order valence-corrected chi connectivity index (χ3v) is 14.5. The van der Waals surface area contributed by atoms with Crippen molar-refractivity contribution < 1.29 is 28.6 Å². The molecule has 0 aliphatic heterocycles. The number of ether oxygens (including phenoxy) is 3. The summed E-state index contributed by atoms with van der Waals surface area (Å²) in [4.78, 5) is 38.3. The van der Waals surface area contributed by atoms with Crippen LogP contribution in [-0.4, -0.2) is 37.2 Å². The molecule has 0 fully saturated rings. The molecule has 6 heteroatoms. The molecular weight excluding hydrogens is 973 g/mol. The van der Waals surface area contributed by atoms with E-state index in [-0.39, 0.29) is 31.1 Å². The van der Waals surface area contributed by atoms with Crippen LogP contribution in [0, 0.1) is 0 Å². The minimum Gasteiger partial charge on any atom is -0.462 e. The minimum absolute atomic E-state index is 0.0834. The lowest BCUT2D eigenvalue weighted by Gasteiger charge is -2.18. The van der Waals surface area contributed by atoms with Gasteiger partial charge in [-0.3, -0.25) is 14.4 Å². The second-order valence-electron chi connectivity index (χ2n) is 22.3. The maximum absolute atomic E-state index is 12.9. The summed E-state index contributed by atoms with van der Waals surface area (Å²) in [7, 11) is 0. The maximum atomic E-state index is 12.9. The first-order valence-electron chi connectivity index (χ1n) is 33.7. The molecule has 0 saturated heterocycles. The molecule has 1 unspecified atom stereocenters. The van der Waals surface area contributed by atoms with E-state index >= 15 is 0 Å². The summed E-state index contributed by atoms with van der Waals surface area (Å²) in [5.41, 5.74) is 0. The fourth-order valence-corrected chi connectivity index (χ4v) is 9.48. The van der Waals surface area contributed by atoms with E-state index in [2.05, 4.69) is 118 Å². The van der Waals surface area contributed by atoms with Gasteiger partial charge in [-0.2, -0.15) is 0 Å². The first-order valence-corrected chi connectivity index (χ1v) is 33.7. The SMILES string of the molecule is CC/C=C\C/C=C\C/C=C\C/C=C\CCCCCCCCCCCCCCCCCCC(=O)OCC(COC(=O)CCCCCCC/C=C\CCCC)OC(=O)CCCCCCCC/C=C\C/C=C\C/C=C\CCCCCCC. The molecule has 1 atom stereocenters. The van der Waals surface area contributed by atoms with E-state index in [9.17, 15) is 14.4 Å². The van der Waals surface area contributed by atoms with Gasteiger partial charge in [-0.15, -0.1) is 0 Å². The van der Waals surface area contributed by atoms with Crippen LogP contribution in [0.25, 0.3) is 0 Å². The number of allylic oxidation sites excluding steroid dienone is 16. The molecule has 0 aromatic heterocycles. The van der Waals surface area contributed by atoms with E-state index in [0.29, 0.717) is 19.3 Å². The Labute approximate surface area is 489 Å². The van der Waals surface area contributed by atoms with Crippen molar-refractivity contribution in [3.63, 3.8) is 0 Å². The Morgan fingerprint density at radius 1 is 0.266 bits per heavy atom. The summed E-state index contributed by atoms with van der Waals surface area (Å²) in [6.45, 7) is 6.49. The molecule has 0 aromatic rings. The Balaban J connectivity index is 4.23. The molecule has 0 bridgehead atoms. The number of hydrogen-bond donors (Lipinski definition) is 0. The van der Waals surface area contributed by atoms with E-state index in [0.717, 1.165) is 116 Å². The summed E-state index contributed by atoms with van der Waals surface area (Å²) in [5, 5.41) is 0. The lowest BCUT2D eigenvalue weighted by atomic mass is 10.0. The molecule has 0 amide bonds. The average molecular weight is 1100 g/mol. The number of unbranched alkanes of at least 4 members (excludes halogenated alkanes) is 34. The zero-order valence-corrected chi connectivity index (χ0v) is 52.1. The third kappa shape index (κ3) is 65.0. The van der Waals surface area contributed by atoms with Crippen LogP contribution in [0.4, 0.5) is 0 Å². The number of carbonyl (C=O) groups is 3. The van der Waals surface area contributed by atoms with Crippen LogP contribution in [0.2, 0.25) is 0 Å². The van der Waals surface area contributed by atoms with E-state index in [1.807, 2.05) is 0 Å². The van der Waals surface area contributed by atoms with Crippen LogP contribution in [0.15, 0.2) is 97.2 Å². The molecule has 454 valence electrons. The monoisotopic (exact) mass is 1100 g/mol. The predicted octanol–water partition coefficient (Wildman–Crippen LogP) is 23.2. The van der Waals surface area contributed by atoms with Crippen molar-refractivity contribution in [1.82, 2.24) is 0 Å². The van der Waals surface area contributed by atoms with E-state index in [1.54, 1.807) is 0 Å². The number of rotatable bonds is 61. The molecule has 0 rings (SSSR count). The number of esters is 3. The zero-order chi connectivity index (χ0) is 57.1. The molecule has 0 aromatic carbocycles. The van der Waals surface area contributed by atoms with Gasteiger partial charge in [0.2, 0.25) is 0 Å². The molecule has 0 saturated carbocycles. The van der Waals surface area contributed by atoms with Crippen molar-refractivity contribution in [2.24, 2.45) is 0 Å². The Kier molecular flexibility index (Phi) is 63.7. The molecule has 79 heavy (non-hydrogen) atoms. The summed E-state index contributed by atoms with van der Waals surface area (Å²) < 4.78 is 16.9. The molecule has 0 aliphatic rings. The number of hydrogen-bond acceptors (Lipinski definition) is 6. The van der Waals surface area contributed by atoms with Crippen LogP contribution in [0.1, 0.15) is 329 Å². The Morgan fingerprint density at radius 3 is 0.823 bits per heavy atom. The standard InChI is InChI=1S/C73H126O6/c1-4-7-10-13-16-19-22-24-26-28-30-32-33-34-35-36-37-38-39-41-42-44-46-48-51-54-57-60-63-66-72(75)78-69-70(68-77-71(74)65-62-59-56-53-50-21-18-15-12-9-6-3)79-73(76)67-64-61-58-55-52-49-47-45-43-40-31-29-27-25-23-20-17-14-11-8-5-2/h7,10,15-16,18-19,23-26,29-32,43,45,70H,4-6,8-9,11-14,17,20-22,27-28,33-42,44,46-69H2,1-3H3/b10-7-,18-15-,19-16-,25-23-,26-24-,31-29-,32-30-,45-43-. The van der Waals surface area contributed by atoms with Gasteiger partial charge in [-0.05, 0) is 116 Å². The van der Waals surface area contributed by atoms with E-state index < -0.39 is 6.10 Å².